The molecule has 8 heteroatoms. The molecule has 1 amide bonds. The summed E-state index contributed by atoms with van der Waals surface area (Å²) in [6.45, 7) is 2.42. The van der Waals surface area contributed by atoms with Gasteiger partial charge >= 0.3 is 0 Å². The summed E-state index contributed by atoms with van der Waals surface area (Å²) in [5.74, 6) is -0.110. The van der Waals surface area contributed by atoms with Gasteiger partial charge < -0.3 is 10.0 Å². The van der Waals surface area contributed by atoms with E-state index in [0.29, 0.717) is 29.2 Å². The largest absolute Gasteiger partial charge is 0.393 e. The molecule has 2 unspecified atom stereocenters. The van der Waals surface area contributed by atoms with Crippen LogP contribution in [0.5, 0.6) is 0 Å². The Labute approximate surface area is 138 Å². The molecule has 2 atom stereocenters. The van der Waals surface area contributed by atoms with Gasteiger partial charge in [0.15, 0.2) is 0 Å². The van der Waals surface area contributed by atoms with Crippen molar-refractivity contribution in [1.82, 2.24) is 25.1 Å². The highest BCUT2D eigenvalue weighted by Gasteiger charge is 2.31. The Hall–Kier alpha value is -1.99. The van der Waals surface area contributed by atoms with Gasteiger partial charge in [0.25, 0.3) is 5.91 Å². The second kappa shape index (κ2) is 6.64. The fourth-order valence-electron chi connectivity index (χ4n) is 3.05. The Morgan fingerprint density at radius 1 is 1.52 bits per heavy atom. The maximum absolute atomic E-state index is 13.0. The van der Waals surface area contributed by atoms with E-state index >= 15 is 0 Å². The monoisotopic (exact) mass is 335 g/mol. The van der Waals surface area contributed by atoms with E-state index < -0.39 is 6.10 Å². The SMILES string of the molecule is CC(O)CC1CCCN1C(=O)c1cc(Cl)ccc1-n1cnnn1. The van der Waals surface area contributed by atoms with E-state index in [9.17, 15) is 9.90 Å². The summed E-state index contributed by atoms with van der Waals surface area (Å²) in [6.07, 6.45) is 3.41. The van der Waals surface area contributed by atoms with Crippen LogP contribution in [0, 0.1) is 0 Å². The molecule has 1 aromatic carbocycles. The van der Waals surface area contributed by atoms with Gasteiger partial charge in [0.2, 0.25) is 0 Å². The Bertz CT molecular complexity index is 689. The summed E-state index contributed by atoms with van der Waals surface area (Å²) in [5.41, 5.74) is 1.05. The van der Waals surface area contributed by atoms with Gasteiger partial charge in [-0.1, -0.05) is 11.6 Å². The number of tetrazole rings is 1. The number of amides is 1. The average Bonchev–Trinajstić information content (AvgIpc) is 3.17. The highest BCUT2D eigenvalue weighted by atomic mass is 35.5. The lowest BCUT2D eigenvalue weighted by Gasteiger charge is -2.26. The van der Waals surface area contributed by atoms with E-state index in [1.807, 2.05) is 4.90 Å². The van der Waals surface area contributed by atoms with Gasteiger partial charge in [0.1, 0.15) is 6.33 Å². The Balaban J connectivity index is 1.94. The number of hydrogen-bond donors (Lipinski definition) is 1. The normalized spacial score (nSPS) is 19.1. The van der Waals surface area contributed by atoms with Crippen molar-refractivity contribution < 1.29 is 9.90 Å². The van der Waals surface area contributed by atoms with E-state index in [-0.39, 0.29) is 11.9 Å². The Morgan fingerprint density at radius 3 is 3.04 bits per heavy atom. The number of carbonyl (C=O) groups excluding carboxylic acids is 1. The quantitative estimate of drug-likeness (QED) is 0.919. The number of halogens is 1. The molecule has 0 radical (unpaired) electrons. The first-order valence-electron chi connectivity index (χ1n) is 7.58. The summed E-state index contributed by atoms with van der Waals surface area (Å²) in [6, 6.07) is 5.11. The van der Waals surface area contributed by atoms with Crippen molar-refractivity contribution in [3.63, 3.8) is 0 Å². The van der Waals surface area contributed by atoms with E-state index in [2.05, 4.69) is 15.5 Å². The lowest BCUT2D eigenvalue weighted by Crippen LogP contribution is -2.37. The summed E-state index contributed by atoms with van der Waals surface area (Å²) >= 11 is 6.08. The lowest BCUT2D eigenvalue weighted by molar-refractivity contribution is 0.0682. The van der Waals surface area contributed by atoms with Crippen molar-refractivity contribution in [2.75, 3.05) is 6.54 Å². The van der Waals surface area contributed by atoms with E-state index in [1.165, 1.54) is 11.0 Å². The third-order valence-corrected chi connectivity index (χ3v) is 4.27. The standard InChI is InChI=1S/C15H18ClN5O2/c1-10(22)7-12-3-2-6-20(12)15(23)13-8-11(16)4-5-14(13)21-9-17-18-19-21/h4-5,8-10,12,22H,2-3,6-7H2,1H3. The van der Waals surface area contributed by atoms with Gasteiger partial charge in [-0.05, 0) is 54.8 Å². The van der Waals surface area contributed by atoms with Crippen LogP contribution in [0.25, 0.3) is 5.69 Å². The molecule has 2 heterocycles. The van der Waals surface area contributed by atoms with Crippen LogP contribution in [-0.2, 0) is 0 Å². The van der Waals surface area contributed by atoms with Gasteiger partial charge in [-0.2, -0.15) is 4.68 Å². The molecule has 2 aromatic rings. The van der Waals surface area contributed by atoms with Gasteiger partial charge in [-0.15, -0.1) is 5.10 Å². The number of rotatable bonds is 4. The first-order valence-corrected chi connectivity index (χ1v) is 7.96. The molecule has 0 bridgehead atoms. The smallest absolute Gasteiger partial charge is 0.256 e. The maximum atomic E-state index is 13.0. The fourth-order valence-corrected chi connectivity index (χ4v) is 3.22. The van der Waals surface area contributed by atoms with Crippen molar-refractivity contribution in [2.24, 2.45) is 0 Å². The molecule has 0 spiro atoms. The van der Waals surface area contributed by atoms with Gasteiger partial charge in [-0.25, -0.2) is 0 Å². The first-order chi connectivity index (χ1) is 11.1. The zero-order chi connectivity index (χ0) is 16.4. The topological polar surface area (TPSA) is 84.1 Å². The van der Waals surface area contributed by atoms with Gasteiger partial charge in [0, 0.05) is 17.6 Å². The molecule has 1 saturated heterocycles. The molecule has 0 aliphatic carbocycles. The molecular weight excluding hydrogens is 318 g/mol. The Morgan fingerprint density at radius 2 is 2.35 bits per heavy atom. The average molecular weight is 336 g/mol. The number of aliphatic hydroxyl groups excluding tert-OH is 1. The van der Waals surface area contributed by atoms with E-state index in [4.69, 9.17) is 11.6 Å². The van der Waals surface area contributed by atoms with Crippen molar-refractivity contribution in [3.8, 4) is 5.69 Å². The van der Waals surface area contributed by atoms with E-state index in [1.54, 1.807) is 25.1 Å². The zero-order valence-corrected chi connectivity index (χ0v) is 13.5. The van der Waals surface area contributed by atoms with Gasteiger partial charge in [-0.3, -0.25) is 4.79 Å². The molecule has 3 rings (SSSR count). The highest BCUT2D eigenvalue weighted by Crippen LogP contribution is 2.27. The number of benzene rings is 1. The third kappa shape index (κ3) is 3.35. The second-order valence-electron chi connectivity index (χ2n) is 5.80. The lowest BCUT2D eigenvalue weighted by atomic mass is 10.1. The molecule has 1 aromatic heterocycles. The third-order valence-electron chi connectivity index (χ3n) is 4.04. The van der Waals surface area contributed by atoms with Gasteiger partial charge in [0.05, 0.1) is 17.4 Å². The molecule has 1 fully saturated rings. The molecule has 1 N–H and O–H groups in total. The summed E-state index contributed by atoms with van der Waals surface area (Å²) in [4.78, 5) is 14.8. The molecule has 0 saturated carbocycles. The number of aliphatic hydroxyl groups is 1. The molecule has 7 nitrogen and oxygen atoms in total. The molecule has 23 heavy (non-hydrogen) atoms. The van der Waals surface area contributed by atoms with Crippen molar-refractivity contribution in [2.45, 2.75) is 38.3 Å². The summed E-state index contributed by atoms with van der Waals surface area (Å²) < 4.78 is 1.45. The van der Waals surface area contributed by atoms with Crippen LogP contribution in [-0.4, -0.2) is 54.8 Å². The van der Waals surface area contributed by atoms with Crippen LogP contribution in [0.4, 0.5) is 0 Å². The molecule has 1 aliphatic heterocycles. The van der Waals surface area contributed by atoms with Crippen LogP contribution >= 0.6 is 11.6 Å². The van der Waals surface area contributed by atoms with Crippen LogP contribution in [0.1, 0.15) is 36.5 Å². The minimum atomic E-state index is -0.438. The summed E-state index contributed by atoms with van der Waals surface area (Å²) in [5, 5.41) is 21.2. The maximum Gasteiger partial charge on any atom is 0.256 e. The van der Waals surface area contributed by atoms with Crippen molar-refractivity contribution in [3.05, 3.63) is 35.1 Å². The van der Waals surface area contributed by atoms with Crippen LogP contribution in [0.3, 0.4) is 0 Å². The molecule has 122 valence electrons. The minimum absolute atomic E-state index is 0.0446. The van der Waals surface area contributed by atoms with Crippen molar-refractivity contribution in [1.29, 1.82) is 0 Å². The van der Waals surface area contributed by atoms with Crippen LogP contribution in [0.2, 0.25) is 5.02 Å². The van der Waals surface area contributed by atoms with Crippen LogP contribution < -0.4 is 0 Å². The highest BCUT2D eigenvalue weighted by molar-refractivity contribution is 6.31. The number of likely N-dealkylation sites (tertiary alicyclic amines) is 1. The Kier molecular flexibility index (Phi) is 4.58. The molecule has 1 aliphatic rings. The summed E-state index contributed by atoms with van der Waals surface area (Å²) in [7, 11) is 0. The number of carbonyl (C=O) groups is 1. The predicted molar refractivity (Wildman–Crippen MR) is 84.5 cm³/mol. The second-order valence-corrected chi connectivity index (χ2v) is 6.23. The minimum Gasteiger partial charge on any atom is -0.393 e. The molecular formula is C15H18ClN5O2. The van der Waals surface area contributed by atoms with Crippen LogP contribution in [0.15, 0.2) is 24.5 Å². The zero-order valence-electron chi connectivity index (χ0n) is 12.8. The van der Waals surface area contributed by atoms with Crippen molar-refractivity contribution >= 4 is 17.5 Å². The van der Waals surface area contributed by atoms with E-state index in [0.717, 1.165) is 12.8 Å². The number of hydrogen-bond acceptors (Lipinski definition) is 5. The first kappa shape index (κ1) is 15.9. The number of nitrogens with zero attached hydrogens (tertiary/aromatic N) is 5. The number of aromatic nitrogens is 4. The predicted octanol–water partition coefficient (Wildman–Crippen LogP) is 1.69. The fraction of sp³-hybridized carbons (Fsp3) is 0.467.